The fraction of sp³-hybridized carbons (Fsp3) is 0.222. The second kappa shape index (κ2) is 9.62. The summed E-state index contributed by atoms with van der Waals surface area (Å²) in [5.41, 5.74) is 0.757. The van der Waals surface area contributed by atoms with Crippen LogP contribution in [0.4, 0.5) is 4.79 Å². The highest BCUT2D eigenvalue weighted by atomic mass is 32.1. The third kappa shape index (κ3) is 5.62. The van der Waals surface area contributed by atoms with Gasteiger partial charge in [-0.15, -0.1) is 0 Å². The topological polar surface area (TPSA) is 64.6 Å². The molecule has 1 atom stereocenters. The highest BCUT2D eigenvalue weighted by molar-refractivity contribution is 7.80. The molecule has 1 unspecified atom stereocenters. The van der Waals surface area contributed by atoms with Crippen molar-refractivity contribution in [1.82, 2.24) is 5.32 Å². The molecule has 0 fully saturated rings. The zero-order valence-corrected chi connectivity index (χ0v) is 13.9. The van der Waals surface area contributed by atoms with E-state index in [1.807, 2.05) is 36.4 Å². The van der Waals surface area contributed by atoms with Gasteiger partial charge in [0.25, 0.3) is 0 Å². The minimum atomic E-state index is -0.630. The Morgan fingerprint density at radius 1 is 1.00 bits per heavy atom. The number of thiol groups is 1. The van der Waals surface area contributed by atoms with Gasteiger partial charge in [0, 0.05) is 12.3 Å². The third-order valence-corrected chi connectivity index (χ3v) is 3.41. The summed E-state index contributed by atoms with van der Waals surface area (Å²) in [5, 5.41) is 2.59. The van der Waals surface area contributed by atoms with Crippen molar-refractivity contribution >= 4 is 24.7 Å². The van der Waals surface area contributed by atoms with E-state index in [9.17, 15) is 9.59 Å². The lowest BCUT2D eigenvalue weighted by atomic mass is 9.99. The molecule has 2 aromatic carbocycles. The number of ether oxygens (including phenoxy) is 2. The number of alkyl carbamates (subject to hydrolysis) is 1. The lowest BCUT2D eigenvalue weighted by molar-refractivity contribution is -0.136. The van der Waals surface area contributed by atoms with E-state index in [1.165, 1.54) is 0 Å². The highest BCUT2D eigenvalue weighted by Gasteiger charge is 2.23. The van der Waals surface area contributed by atoms with E-state index in [0.717, 1.165) is 5.56 Å². The molecule has 0 aromatic heterocycles. The second-order valence-electron chi connectivity index (χ2n) is 4.94. The van der Waals surface area contributed by atoms with Crippen LogP contribution in [-0.4, -0.2) is 31.0 Å². The average molecular weight is 345 g/mol. The van der Waals surface area contributed by atoms with Gasteiger partial charge in [-0.3, -0.25) is 4.79 Å². The van der Waals surface area contributed by atoms with Crippen LogP contribution in [0.5, 0.6) is 5.75 Å². The maximum Gasteiger partial charge on any atom is 0.407 e. The van der Waals surface area contributed by atoms with E-state index in [-0.39, 0.29) is 13.2 Å². The number of amides is 1. The molecule has 0 bridgehead atoms. The lowest BCUT2D eigenvalue weighted by Gasteiger charge is -2.17. The van der Waals surface area contributed by atoms with Crippen LogP contribution in [0, 0.1) is 0 Å². The molecule has 0 aliphatic carbocycles. The number of rotatable bonds is 7. The number of carbonyl (C=O) groups is 2. The van der Waals surface area contributed by atoms with E-state index >= 15 is 0 Å². The van der Waals surface area contributed by atoms with Gasteiger partial charge in [-0.25, -0.2) is 4.79 Å². The van der Waals surface area contributed by atoms with Crippen molar-refractivity contribution in [1.29, 1.82) is 0 Å². The molecule has 0 aliphatic heterocycles. The van der Waals surface area contributed by atoms with Crippen LogP contribution < -0.4 is 10.1 Å². The number of benzene rings is 2. The van der Waals surface area contributed by atoms with Crippen LogP contribution in [0.3, 0.4) is 0 Å². The summed E-state index contributed by atoms with van der Waals surface area (Å²) in [4.78, 5) is 24.1. The molecular weight excluding hydrogens is 326 g/mol. The predicted octanol–water partition coefficient (Wildman–Crippen LogP) is 3.03. The highest BCUT2D eigenvalue weighted by Crippen LogP contribution is 2.19. The van der Waals surface area contributed by atoms with E-state index in [4.69, 9.17) is 9.47 Å². The van der Waals surface area contributed by atoms with Crippen LogP contribution >= 0.6 is 12.6 Å². The van der Waals surface area contributed by atoms with Crippen molar-refractivity contribution in [3.8, 4) is 5.75 Å². The van der Waals surface area contributed by atoms with Gasteiger partial charge in [0.05, 0.1) is 5.92 Å². The second-order valence-corrected chi connectivity index (χ2v) is 5.39. The van der Waals surface area contributed by atoms with Gasteiger partial charge in [0.1, 0.15) is 12.4 Å². The molecule has 5 nitrogen and oxygen atoms in total. The minimum Gasteiger partial charge on any atom is -0.449 e. The molecule has 24 heavy (non-hydrogen) atoms. The van der Waals surface area contributed by atoms with Gasteiger partial charge in [-0.05, 0) is 17.7 Å². The molecule has 6 heteroatoms. The molecule has 0 saturated heterocycles. The smallest absolute Gasteiger partial charge is 0.407 e. The van der Waals surface area contributed by atoms with Crippen LogP contribution in [0.1, 0.15) is 11.5 Å². The van der Waals surface area contributed by atoms with Gasteiger partial charge < -0.3 is 14.8 Å². The molecule has 0 saturated carbocycles. The van der Waals surface area contributed by atoms with Gasteiger partial charge in [-0.1, -0.05) is 48.5 Å². The van der Waals surface area contributed by atoms with Gasteiger partial charge in [0.15, 0.2) is 0 Å². The summed E-state index contributed by atoms with van der Waals surface area (Å²) in [5.74, 6) is -0.177. The Balaban J connectivity index is 2.05. The van der Waals surface area contributed by atoms with Crippen molar-refractivity contribution in [2.24, 2.45) is 0 Å². The molecule has 2 aromatic rings. The quantitative estimate of drug-likeness (QED) is 0.460. The summed E-state index contributed by atoms with van der Waals surface area (Å²) in [6.07, 6.45) is -0.586. The van der Waals surface area contributed by atoms with Crippen molar-refractivity contribution in [3.05, 3.63) is 66.2 Å². The van der Waals surface area contributed by atoms with Gasteiger partial charge in [0.2, 0.25) is 0 Å². The first-order valence-corrected chi connectivity index (χ1v) is 8.17. The monoisotopic (exact) mass is 345 g/mol. The number of hydrogen-bond donors (Lipinski definition) is 2. The predicted molar refractivity (Wildman–Crippen MR) is 94.5 cm³/mol. The van der Waals surface area contributed by atoms with Crippen molar-refractivity contribution in [2.75, 3.05) is 18.9 Å². The van der Waals surface area contributed by atoms with E-state index in [1.54, 1.807) is 24.3 Å². The summed E-state index contributed by atoms with van der Waals surface area (Å²) < 4.78 is 10.3. The fourth-order valence-electron chi connectivity index (χ4n) is 2.07. The van der Waals surface area contributed by atoms with E-state index in [2.05, 4.69) is 17.9 Å². The number of esters is 1. The maximum atomic E-state index is 12.5. The fourth-order valence-corrected chi connectivity index (χ4v) is 2.16. The molecule has 0 heterocycles. The summed E-state index contributed by atoms with van der Waals surface area (Å²) in [7, 11) is 0. The molecule has 1 N–H and O–H groups in total. The Labute approximate surface area is 146 Å². The third-order valence-electron chi connectivity index (χ3n) is 3.22. The normalized spacial score (nSPS) is 11.4. The number of para-hydroxylation sites is 1. The van der Waals surface area contributed by atoms with Crippen molar-refractivity contribution < 1.29 is 19.1 Å². The molecule has 1 amide bonds. The number of carbonyl (C=O) groups excluding carboxylic acids is 2. The molecule has 126 valence electrons. The Kier molecular flexibility index (Phi) is 7.17. The summed E-state index contributed by atoms with van der Waals surface area (Å²) in [6, 6.07) is 18.0. The SMILES string of the molecule is O=C(NCC(C(=O)Oc1ccccc1)c1ccccc1)OCCS. The van der Waals surface area contributed by atoms with Crippen LogP contribution in [0.25, 0.3) is 0 Å². The van der Waals surface area contributed by atoms with Crippen LogP contribution in [0.2, 0.25) is 0 Å². The van der Waals surface area contributed by atoms with E-state index < -0.39 is 18.0 Å². The molecule has 2 rings (SSSR count). The first-order valence-electron chi connectivity index (χ1n) is 7.54. The van der Waals surface area contributed by atoms with Crippen LogP contribution in [0.15, 0.2) is 60.7 Å². The Bertz CT molecular complexity index is 649. The zero-order chi connectivity index (χ0) is 17.2. The van der Waals surface area contributed by atoms with Gasteiger partial charge in [-0.2, -0.15) is 12.6 Å². The maximum absolute atomic E-state index is 12.5. The first-order chi connectivity index (χ1) is 11.7. The Morgan fingerprint density at radius 2 is 1.62 bits per heavy atom. The summed E-state index contributed by atoms with van der Waals surface area (Å²) >= 11 is 3.97. The standard InChI is InChI=1S/C18H19NO4S/c20-17(23-15-9-5-2-6-10-15)16(14-7-3-1-4-8-14)13-19-18(21)22-11-12-24/h1-10,16,24H,11-13H2,(H,19,21). The van der Waals surface area contributed by atoms with Crippen LogP contribution in [-0.2, 0) is 9.53 Å². The van der Waals surface area contributed by atoms with E-state index in [0.29, 0.717) is 11.5 Å². The molecule has 0 aliphatic rings. The average Bonchev–Trinajstić information content (AvgIpc) is 2.62. The zero-order valence-electron chi connectivity index (χ0n) is 13.1. The largest absolute Gasteiger partial charge is 0.449 e. The Morgan fingerprint density at radius 3 is 2.25 bits per heavy atom. The molecule has 0 spiro atoms. The molecule has 0 radical (unpaired) electrons. The summed E-state index contributed by atoms with van der Waals surface area (Å²) in [6.45, 7) is 0.292. The van der Waals surface area contributed by atoms with Crippen molar-refractivity contribution in [3.63, 3.8) is 0 Å². The molecular formula is C18H19NO4S. The Hall–Kier alpha value is -2.47. The van der Waals surface area contributed by atoms with Crippen molar-refractivity contribution in [2.45, 2.75) is 5.92 Å². The van der Waals surface area contributed by atoms with Gasteiger partial charge >= 0.3 is 12.1 Å². The minimum absolute atomic E-state index is 0.0844. The number of hydrogen-bond acceptors (Lipinski definition) is 5. The lowest BCUT2D eigenvalue weighted by Crippen LogP contribution is -2.34. The number of nitrogens with one attached hydrogen (secondary N) is 1. The first kappa shape index (κ1) is 17.9.